The highest BCUT2D eigenvalue weighted by atomic mass is 32.1. The first-order chi connectivity index (χ1) is 9.34. The average Bonchev–Trinajstić information content (AvgIpc) is 2.99. The molecule has 3 heteroatoms. The number of hydrogen-bond acceptors (Lipinski definition) is 3. The molecule has 0 amide bonds. The normalized spacial score (nSPS) is 12.7. The molecule has 0 radical (unpaired) electrons. The Bertz CT molecular complexity index is 656. The maximum absolute atomic E-state index is 4.48. The van der Waals surface area contributed by atoms with Crippen molar-refractivity contribution in [3.63, 3.8) is 0 Å². The van der Waals surface area contributed by atoms with Gasteiger partial charge in [0.2, 0.25) is 0 Å². The Labute approximate surface area is 117 Å². The lowest BCUT2D eigenvalue weighted by atomic mass is 10.1. The molecule has 1 unspecified atom stereocenters. The Balaban J connectivity index is 1.79. The monoisotopic (exact) mass is 268 g/mol. The summed E-state index contributed by atoms with van der Waals surface area (Å²) >= 11 is 1.74. The van der Waals surface area contributed by atoms with Crippen molar-refractivity contribution in [1.82, 2.24) is 10.3 Å². The van der Waals surface area contributed by atoms with Crippen LogP contribution in [0.3, 0.4) is 0 Å². The van der Waals surface area contributed by atoms with E-state index in [1.165, 1.54) is 16.5 Å². The van der Waals surface area contributed by atoms with Gasteiger partial charge in [0.15, 0.2) is 0 Å². The first-order valence-corrected chi connectivity index (χ1v) is 7.37. The van der Waals surface area contributed by atoms with E-state index in [4.69, 9.17) is 0 Å². The van der Waals surface area contributed by atoms with Crippen molar-refractivity contribution >= 4 is 22.2 Å². The Kier molecular flexibility index (Phi) is 3.58. The predicted octanol–water partition coefficient (Wildman–Crippen LogP) is 4.15. The molecule has 19 heavy (non-hydrogen) atoms. The van der Waals surface area contributed by atoms with Crippen molar-refractivity contribution in [2.45, 2.75) is 19.5 Å². The van der Waals surface area contributed by atoms with Crippen LogP contribution in [0.2, 0.25) is 0 Å². The quantitative estimate of drug-likeness (QED) is 0.769. The van der Waals surface area contributed by atoms with Crippen LogP contribution in [0.1, 0.15) is 24.1 Å². The lowest BCUT2D eigenvalue weighted by Gasteiger charge is -2.13. The maximum Gasteiger partial charge on any atom is 0.0746 e. The van der Waals surface area contributed by atoms with Crippen molar-refractivity contribution in [3.05, 3.63) is 64.5 Å². The van der Waals surface area contributed by atoms with Crippen LogP contribution in [0, 0.1) is 0 Å². The molecule has 2 aromatic heterocycles. The second kappa shape index (κ2) is 5.51. The second-order valence-corrected chi connectivity index (χ2v) is 5.43. The molecule has 1 N–H and O–H groups in total. The number of para-hydroxylation sites is 1. The van der Waals surface area contributed by atoms with Gasteiger partial charge in [0, 0.05) is 24.2 Å². The van der Waals surface area contributed by atoms with E-state index < -0.39 is 0 Å². The van der Waals surface area contributed by atoms with Crippen LogP contribution in [0.4, 0.5) is 0 Å². The third kappa shape index (κ3) is 2.67. The smallest absolute Gasteiger partial charge is 0.0746 e. The van der Waals surface area contributed by atoms with Gasteiger partial charge in [-0.1, -0.05) is 24.3 Å². The molecule has 0 saturated carbocycles. The number of rotatable bonds is 4. The van der Waals surface area contributed by atoms with Crippen molar-refractivity contribution < 1.29 is 0 Å². The molecule has 1 atom stereocenters. The number of hydrogen-bond donors (Lipinski definition) is 1. The number of aromatic nitrogens is 1. The lowest BCUT2D eigenvalue weighted by Crippen LogP contribution is -2.17. The largest absolute Gasteiger partial charge is 0.306 e. The Morgan fingerprint density at radius 1 is 1.21 bits per heavy atom. The van der Waals surface area contributed by atoms with Gasteiger partial charge in [-0.05, 0) is 40.9 Å². The van der Waals surface area contributed by atoms with E-state index in [0.717, 1.165) is 12.1 Å². The summed E-state index contributed by atoms with van der Waals surface area (Å²) in [5.41, 5.74) is 3.69. The van der Waals surface area contributed by atoms with Crippen molar-refractivity contribution in [3.8, 4) is 0 Å². The van der Waals surface area contributed by atoms with E-state index in [1.807, 2.05) is 12.3 Å². The number of fused-ring (bicyclic) bond motifs is 1. The highest BCUT2D eigenvalue weighted by Gasteiger charge is 2.06. The zero-order valence-corrected chi connectivity index (χ0v) is 11.7. The Morgan fingerprint density at radius 2 is 2.11 bits per heavy atom. The first kappa shape index (κ1) is 12.3. The summed E-state index contributed by atoms with van der Waals surface area (Å²) in [6.07, 6.45) is 1.86. The number of nitrogens with zero attached hydrogens (tertiary/aromatic N) is 1. The first-order valence-electron chi connectivity index (χ1n) is 6.43. The van der Waals surface area contributed by atoms with Crippen LogP contribution >= 0.6 is 11.3 Å². The Hall–Kier alpha value is -1.71. The van der Waals surface area contributed by atoms with E-state index >= 15 is 0 Å². The standard InChI is InChI=1S/C16H16N2S/c1-12(15-7-9-19-11-15)18-10-14-5-2-4-13-6-3-8-17-16(13)14/h2-9,11-12,18H,10H2,1H3. The molecule has 3 aromatic rings. The molecular weight excluding hydrogens is 252 g/mol. The van der Waals surface area contributed by atoms with Crippen LogP contribution in [0.25, 0.3) is 10.9 Å². The highest BCUT2D eigenvalue weighted by molar-refractivity contribution is 7.07. The van der Waals surface area contributed by atoms with E-state index in [0.29, 0.717) is 6.04 Å². The van der Waals surface area contributed by atoms with Gasteiger partial charge < -0.3 is 5.32 Å². The van der Waals surface area contributed by atoms with E-state index in [9.17, 15) is 0 Å². The predicted molar refractivity (Wildman–Crippen MR) is 81.3 cm³/mol. The summed E-state index contributed by atoms with van der Waals surface area (Å²) in [5.74, 6) is 0. The van der Waals surface area contributed by atoms with E-state index in [1.54, 1.807) is 11.3 Å². The molecule has 2 nitrogen and oxygen atoms in total. The van der Waals surface area contributed by atoms with Gasteiger partial charge in [0.1, 0.15) is 0 Å². The Morgan fingerprint density at radius 3 is 2.95 bits per heavy atom. The summed E-state index contributed by atoms with van der Waals surface area (Å²) in [6, 6.07) is 13.0. The van der Waals surface area contributed by atoms with Gasteiger partial charge in [0.25, 0.3) is 0 Å². The summed E-state index contributed by atoms with van der Waals surface area (Å²) in [4.78, 5) is 4.48. The molecule has 0 aliphatic heterocycles. The molecule has 0 spiro atoms. The zero-order chi connectivity index (χ0) is 13.1. The van der Waals surface area contributed by atoms with Crippen LogP contribution in [-0.4, -0.2) is 4.98 Å². The number of thiophene rings is 1. The van der Waals surface area contributed by atoms with Crippen LogP contribution in [0.5, 0.6) is 0 Å². The summed E-state index contributed by atoms with van der Waals surface area (Å²) in [5, 5.41) is 9.07. The molecule has 0 bridgehead atoms. The lowest BCUT2D eigenvalue weighted by molar-refractivity contribution is 0.577. The van der Waals surface area contributed by atoms with Gasteiger partial charge in [-0.25, -0.2) is 0 Å². The second-order valence-electron chi connectivity index (χ2n) is 4.65. The molecule has 0 aliphatic carbocycles. The average molecular weight is 268 g/mol. The highest BCUT2D eigenvalue weighted by Crippen LogP contribution is 2.19. The van der Waals surface area contributed by atoms with Crippen LogP contribution in [0.15, 0.2) is 53.4 Å². The fraction of sp³-hybridized carbons (Fsp3) is 0.188. The number of nitrogens with one attached hydrogen (secondary N) is 1. The molecule has 2 heterocycles. The minimum Gasteiger partial charge on any atom is -0.306 e. The van der Waals surface area contributed by atoms with Gasteiger partial charge >= 0.3 is 0 Å². The molecular formula is C16H16N2S. The van der Waals surface area contributed by atoms with Gasteiger partial charge in [-0.15, -0.1) is 0 Å². The molecule has 96 valence electrons. The van der Waals surface area contributed by atoms with Crippen molar-refractivity contribution in [2.24, 2.45) is 0 Å². The van der Waals surface area contributed by atoms with Gasteiger partial charge in [-0.3, -0.25) is 4.98 Å². The van der Waals surface area contributed by atoms with Gasteiger partial charge in [0.05, 0.1) is 5.52 Å². The third-order valence-electron chi connectivity index (χ3n) is 3.36. The van der Waals surface area contributed by atoms with Gasteiger partial charge in [-0.2, -0.15) is 11.3 Å². The molecule has 0 saturated heterocycles. The molecule has 3 rings (SSSR count). The summed E-state index contributed by atoms with van der Waals surface area (Å²) < 4.78 is 0. The summed E-state index contributed by atoms with van der Waals surface area (Å²) in [6.45, 7) is 3.03. The zero-order valence-electron chi connectivity index (χ0n) is 10.8. The minimum atomic E-state index is 0.366. The minimum absolute atomic E-state index is 0.366. The number of benzene rings is 1. The topological polar surface area (TPSA) is 24.9 Å². The van der Waals surface area contributed by atoms with Crippen LogP contribution < -0.4 is 5.32 Å². The fourth-order valence-electron chi connectivity index (χ4n) is 2.21. The molecule has 0 aliphatic rings. The molecule has 0 fully saturated rings. The van der Waals surface area contributed by atoms with Crippen molar-refractivity contribution in [2.75, 3.05) is 0 Å². The fourth-order valence-corrected chi connectivity index (χ4v) is 2.97. The van der Waals surface area contributed by atoms with Crippen LogP contribution in [-0.2, 0) is 6.54 Å². The van der Waals surface area contributed by atoms with Crippen molar-refractivity contribution in [1.29, 1.82) is 0 Å². The summed E-state index contributed by atoms with van der Waals surface area (Å²) in [7, 11) is 0. The SMILES string of the molecule is CC(NCc1cccc2cccnc12)c1ccsc1. The maximum atomic E-state index is 4.48. The van der Waals surface area contributed by atoms with E-state index in [2.05, 4.69) is 58.3 Å². The number of pyridine rings is 1. The molecule has 1 aromatic carbocycles. The van der Waals surface area contributed by atoms with E-state index in [-0.39, 0.29) is 0 Å². The third-order valence-corrected chi connectivity index (χ3v) is 4.06.